The molecule has 26 heavy (non-hydrogen) atoms. The van der Waals surface area contributed by atoms with Gasteiger partial charge in [-0.2, -0.15) is 0 Å². The summed E-state index contributed by atoms with van der Waals surface area (Å²) in [6.07, 6.45) is 1.35. The van der Waals surface area contributed by atoms with Crippen LogP contribution in [0, 0.1) is 17.3 Å². The van der Waals surface area contributed by atoms with E-state index in [0.717, 1.165) is 23.5 Å². The first-order valence-corrected chi connectivity index (χ1v) is 9.34. The Morgan fingerprint density at radius 3 is 2.62 bits per heavy atom. The molecule has 0 spiro atoms. The smallest absolute Gasteiger partial charge is 0.311 e. The zero-order valence-electron chi connectivity index (χ0n) is 15.2. The molecule has 0 bridgehead atoms. The largest absolute Gasteiger partial charge is 0.486 e. The molecule has 1 aliphatic carbocycles. The second-order valence-electron chi connectivity index (χ2n) is 7.98. The molecule has 3 unspecified atom stereocenters. The Labute approximate surface area is 153 Å². The average Bonchev–Trinajstić information content (AvgIpc) is 3.29. The van der Waals surface area contributed by atoms with Gasteiger partial charge in [0.15, 0.2) is 11.5 Å². The molecule has 0 radical (unpaired) electrons. The summed E-state index contributed by atoms with van der Waals surface area (Å²) in [5, 5.41) is 9.67. The maximum absolute atomic E-state index is 12.9. The number of ether oxygens (including phenoxy) is 2. The molecule has 1 saturated carbocycles. The number of amides is 1. The van der Waals surface area contributed by atoms with Gasteiger partial charge < -0.3 is 19.5 Å². The molecular formula is C20H25NO5. The highest BCUT2D eigenvalue weighted by atomic mass is 16.6. The van der Waals surface area contributed by atoms with Gasteiger partial charge in [-0.25, -0.2) is 0 Å². The lowest BCUT2D eigenvalue weighted by molar-refractivity contribution is -0.151. The average molecular weight is 359 g/mol. The maximum atomic E-state index is 12.9. The lowest BCUT2D eigenvalue weighted by atomic mass is 9.76. The third-order valence-electron chi connectivity index (χ3n) is 6.25. The van der Waals surface area contributed by atoms with E-state index in [1.54, 1.807) is 4.90 Å². The van der Waals surface area contributed by atoms with Crippen LogP contribution in [0.2, 0.25) is 0 Å². The van der Waals surface area contributed by atoms with Crippen LogP contribution in [0.5, 0.6) is 11.5 Å². The molecule has 1 N–H and O–H groups in total. The lowest BCUT2D eigenvalue weighted by Crippen LogP contribution is -2.41. The minimum Gasteiger partial charge on any atom is -0.486 e. The van der Waals surface area contributed by atoms with E-state index in [-0.39, 0.29) is 23.7 Å². The van der Waals surface area contributed by atoms with E-state index < -0.39 is 11.4 Å². The molecule has 3 atom stereocenters. The van der Waals surface area contributed by atoms with Crippen molar-refractivity contribution in [2.75, 3.05) is 26.3 Å². The van der Waals surface area contributed by atoms with Crippen LogP contribution in [0.15, 0.2) is 18.2 Å². The van der Waals surface area contributed by atoms with Crippen molar-refractivity contribution in [3.63, 3.8) is 0 Å². The molecule has 6 heteroatoms. The van der Waals surface area contributed by atoms with E-state index in [0.29, 0.717) is 32.7 Å². The van der Waals surface area contributed by atoms with E-state index in [4.69, 9.17) is 9.47 Å². The molecular weight excluding hydrogens is 334 g/mol. The van der Waals surface area contributed by atoms with Crippen LogP contribution in [0.1, 0.15) is 38.2 Å². The number of carbonyl (C=O) groups is 2. The highest BCUT2D eigenvalue weighted by molar-refractivity contribution is 5.85. The van der Waals surface area contributed by atoms with E-state index in [1.165, 1.54) is 0 Å². The van der Waals surface area contributed by atoms with Crippen molar-refractivity contribution >= 4 is 11.9 Å². The minimum absolute atomic E-state index is 0.00518. The summed E-state index contributed by atoms with van der Waals surface area (Å²) in [5.74, 6) is 0.955. The lowest BCUT2D eigenvalue weighted by Gasteiger charge is -2.28. The second kappa shape index (κ2) is 6.18. The molecule has 0 aromatic heterocycles. The molecule has 4 rings (SSSR count). The first-order valence-electron chi connectivity index (χ1n) is 9.34. The first kappa shape index (κ1) is 17.2. The van der Waals surface area contributed by atoms with Crippen LogP contribution in [0.4, 0.5) is 0 Å². The number of hydrogen-bond acceptors (Lipinski definition) is 4. The van der Waals surface area contributed by atoms with Crippen LogP contribution in [0.3, 0.4) is 0 Å². The molecule has 6 nitrogen and oxygen atoms in total. The van der Waals surface area contributed by atoms with Crippen molar-refractivity contribution in [2.24, 2.45) is 17.3 Å². The third kappa shape index (κ3) is 2.72. The number of aliphatic carboxylic acids is 1. The number of benzene rings is 1. The van der Waals surface area contributed by atoms with Crippen LogP contribution in [-0.4, -0.2) is 48.2 Å². The predicted octanol–water partition coefficient (Wildman–Crippen LogP) is 2.52. The fourth-order valence-electron chi connectivity index (χ4n) is 4.28. The summed E-state index contributed by atoms with van der Waals surface area (Å²) in [5.41, 5.74) is 0.289. The van der Waals surface area contributed by atoms with Gasteiger partial charge in [0, 0.05) is 19.0 Å². The van der Waals surface area contributed by atoms with Gasteiger partial charge in [-0.3, -0.25) is 9.59 Å². The highest BCUT2D eigenvalue weighted by Gasteiger charge is 2.52. The summed E-state index contributed by atoms with van der Waals surface area (Å²) < 4.78 is 11.2. The Balaban J connectivity index is 1.44. The standard InChI is InChI=1S/C20H25NO5/c1-12(2)20(19(23)24)5-6-21(11-20)18(22)15-10-14(15)13-3-4-16-17(9-13)26-8-7-25-16/h3-4,9,12,14-15H,5-8,10-11H2,1-2H3,(H,23,24). The Bertz CT molecular complexity index is 746. The number of fused-ring (bicyclic) bond motifs is 1. The summed E-state index contributed by atoms with van der Waals surface area (Å²) in [4.78, 5) is 26.4. The molecule has 2 aliphatic heterocycles. The number of carboxylic acid groups (broad SMARTS) is 1. The number of carbonyl (C=O) groups excluding carboxylic acids is 1. The number of nitrogens with zero attached hydrogens (tertiary/aromatic N) is 1. The minimum atomic E-state index is -0.808. The predicted molar refractivity (Wildman–Crippen MR) is 94.4 cm³/mol. The topological polar surface area (TPSA) is 76.1 Å². The Hall–Kier alpha value is -2.24. The number of rotatable bonds is 4. The SMILES string of the molecule is CC(C)C1(C(=O)O)CCN(C(=O)C2CC2c2ccc3c(c2)OCCO3)C1. The van der Waals surface area contributed by atoms with Gasteiger partial charge in [0.2, 0.25) is 5.91 Å². The normalized spacial score (nSPS) is 29.7. The molecule has 1 aromatic carbocycles. The first-order chi connectivity index (χ1) is 12.4. The zero-order valence-corrected chi connectivity index (χ0v) is 15.2. The van der Waals surface area contributed by atoms with Gasteiger partial charge in [0.1, 0.15) is 13.2 Å². The van der Waals surface area contributed by atoms with Crippen LogP contribution in [-0.2, 0) is 9.59 Å². The van der Waals surface area contributed by atoms with Crippen molar-refractivity contribution in [1.82, 2.24) is 4.90 Å². The van der Waals surface area contributed by atoms with Gasteiger partial charge in [-0.1, -0.05) is 19.9 Å². The summed E-state index contributed by atoms with van der Waals surface area (Å²) >= 11 is 0. The molecule has 1 saturated heterocycles. The van der Waals surface area contributed by atoms with Crippen molar-refractivity contribution in [3.8, 4) is 11.5 Å². The van der Waals surface area contributed by atoms with Gasteiger partial charge >= 0.3 is 5.97 Å². The van der Waals surface area contributed by atoms with Gasteiger partial charge in [0.25, 0.3) is 0 Å². The molecule has 1 aromatic rings. The Morgan fingerprint density at radius 2 is 1.96 bits per heavy atom. The molecule has 140 valence electrons. The van der Waals surface area contributed by atoms with Crippen LogP contribution < -0.4 is 9.47 Å². The second-order valence-corrected chi connectivity index (χ2v) is 7.98. The fraction of sp³-hybridized carbons (Fsp3) is 0.600. The van der Waals surface area contributed by atoms with Crippen molar-refractivity contribution in [1.29, 1.82) is 0 Å². The summed E-state index contributed by atoms with van der Waals surface area (Å²) in [6.45, 7) is 5.82. The Morgan fingerprint density at radius 1 is 1.23 bits per heavy atom. The monoisotopic (exact) mass is 359 g/mol. The molecule has 2 heterocycles. The number of carboxylic acids is 1. The maximum Gasteiger partial charge on any atom is 0.311 e. The van der Waals surface area contributed by atoms with E-state index in [2.05, 4.69) is 0 Å². The van der Waals surface area contributed by atoms with Crippen LogP contribution in [0.25, 0.3) is 0 Å². The highest BCUT2D eigenvalue weighted by Crippen LogP contribution is 2.51. The molecule has 2 fully saturated rings. The summed E-state index contributed by atoms with van der Waals surface area (Å²) in [6, 6.07) is 5.89. The zero-order chi connectivity index (χ0) is 18.5. The van der Waals surface area contributed by atoms with E-state index in [9.17, 15) is 14.7 Å². The quantitative estimate of drug-likeness (QED) is 0.894. The molecule has 3 aliphatic rings. The van der Waals surface area contributed by atoms with Gasteiger partial charge in [-0.15, -0.1) is 0 Å². The number of likely N-dealkylation sites (tertiary alicyclic amines) is 1. The summed E-state index contributed by atoms with van der Waals surface area (Å²) in [7, 11) is 0. The fourth-order valence-corrected chi connectivity index (χ4v) is 4.28. The number of hydrogen-bond donors (Lipinski definition) is 1. The van der Waals surface area contributed by atoms with Crippen molar-refractivity contribution in [3.05, 3.63) is 23.8 Å². The van der Waals surface area contributed by atoms with Gasteiger partial charge in [-0.05, 0) is 42.4 Å². The Kier molecular flexibility index (Phi) is 4.09. The van der Waals surface area contributed by atoms with Crippen LogP contribution >= 0.6 is 0 Å². The third-order valence-corrected chi connectivity index (χ3v) is 6.25. The van der Waals surface area contributed by atoms with Crippen molar-refractivity contribution in [2.45, 2.75) is 32.6 Å². The van der Waals surface area contributed by atoms with E-state index in [1.807, 2.05) is 32.0 Å². The molecule has 1 amide bonds. The van der Waals surface area contributed by atoms with Crippen molar-refractivity contribution < 1.29 is 24.2 Å². The van der Waals surface area contributed by atoms with Gasteiger partial charge in [0.05, 0.1) is 5.41 Å². The van der Waals surface area contributed by atoms with E-state index >= 15 is 0 Å².